The zero-order valence-electron chi connectivity index (χ0n) is 15.5. The van der Waals surface area contributed by atoms with E-state index in [0.717, 1.165) is 5.69 Å². The molecule has 1 heterocycles. The molecule has 1 aliphatic heterocycles. The number of hydrogen-bond acceptors (Lipinski definition) is 2. The van der Waals surface area contributed by atoms with Crippen LogP contribution in [0.5, 0.6) is 0 Å². The summed E-state index contributed by atoms with van der Waals surface area (Å²) in [4.78, 5) is 0. The highest BCUT2D eigenvalue weighted by Gasteiger charge is 2.43. The molecular weight excluding hydrogens is 294 g/mol. The molecule has 0 aliphatic carbocycles. The van der Waals surface area contributed by atoms with E-state index in [-0.39, 0.29) is 5.41 Å². The molecule has 0 N–H and O–H groups in total. The molecule has 0 spiro atoms. The minimum absolute atomic E-state index is 0.0479. The maximum absolute atomic E-state index is 4.69. The fourth-order valence-corrected chi connectivity index (χ4v) is 3.35. The van der Waals surface area contributed by atoms with Crippen molar-refractivity contribution in [2.24, 2.45) is 5.10 Å². The number of benzene rings is 2. The smallest absolute Gasteiger partial charge is 0.212 e. The maximum Gasteiger partial charge on any atom is 0.212 e. The van der Waals surface area contributed by atoms with Gasteiger partial charge >= 0.3 is 0 Å². The minimum atomic E-state index is -0.0479. The molecule has 0 saturated heterocycles. The van der Waals surface area contributed by atoms with Crippen LogP contribution in [0, 0.1) is 13.8 Å². The fourth-order valence-electron chi connectivity index (χ4n) is 3.35. The van der Waals surface area contributed by atoms with Crippen LogP contribution in [0.2, 0.25) is 0 Å². The van der Waals surface area contributed by atoms with Crippen LogP contribution in [0.15, 0.2) is 47.6 Å². The third kappa shape index (κ3) is 2.75. The van der Waals surface area contributed by atoms with Gasteiger partial charge < -0.3 is 0 Å². The third-order valence-electron chi connectivity index (χ3n) is 4.95. The molecule has 24 heavy (non-hydrogen) atoms. The summed E-state index contributed by atoms with van der Waals surface area (Å²) in [6.45, 7) is 8.77. The second-order valence-corrected chi connectivity index (χ2v) is 7.19. The van der Waals surface area contributed by atoms with Crippen LogP contribution < -0.4 is 5.01 Å². The summed E-state index contributed by atoms with van der Waals surface area (Å²) in [5, 5.41) is 6.61. The predicted molar refractivity (Wildman–Crippen MR) is 103 cm³/mol. The van der Waals surface area contributed by atoms with E-state index < -0.39 is 0 Å². The van der Waals surface area contributed by atoms with Gasteiger partial charge in [-0.05, 0) is 45.9 Å². The zero-order chi connectivity index (χ0) is 17.5. The lowest BCUT2D eigenvalue weighted by atomic mass is 9.81. The molecule has 0 amide bonds. The van der Waals surface area contributed by atoms with Crippen LogP contribution in [0.3, 0.4) is 0 Å². The highest BCUT2D eigenvalue weighted by molar-refractivity contribution is 6.33. The van der Waals surface area contributed by atoms with Crippen LogP contribution in [-0.4, -0.2) is 30.6 Å². The lowest BCUT2D eigenvalue weighted by Crippen LogP contribution is -2.30. The van der Waals surface area contributed by atoms with Crippen molar-refractivity contribution >= 4 is 23.3 Å². The Morgan fingerprint density at radius 3 is 2.29 bits per heavy atom. The van der Waals surface area contributed by atoms with Crippen molar-refractivity contribution in [2.75, 3.05) is 19.1 Å². The Hall–Kier alpha value is -2.42. The van der Waals surface area contributed by atoms with Crippen molar-refractivity contribution in [1.82, 2.24) is 0 Å². The van der Waals surface area contributed by atoms with Crippen LogP contribution in [-0.2, 0) is 5.41 Å². The van der Waals surface area contributed by atoms with E-state index in [1.54, 1.807) is 0 Å². The Kier molecular flexibility index (Phi) is 4.04. The van der Waals surface area contributed by atoms with Gasteiger partial charge in [0.05, 0.1) is 11.1 Å². The maximum atomic E-state index is 4.69. The Balaban J connectivity index is 1.92. The highest BCUT2D eigenvalue weighted by atomic mass is 15.4. The molecule has 124 valence electrons. The summed E-state index contributed by atoms with van der Waals surface area (Å²) >= 11 is 0. The third-order valence-corrected chi connectivity index (χ3v) is 4.95. The Morgan fingerprint density at radius 2 is 1.62 bits per heavy atom. The standard InChI is InChI=1S/C21H26N3/c1-15-7-10-17(11-8-15)24(6)22-14-20-21(3,4)18-13-16(2)9-12-19(18)23(20)5/h7-14H,1-6H3/q+1. The van der Waals surface area contributed by atoms with E-state index in [9.17, 15) is 0 Å². The van der Waals surface area contributed by atoms with Gasteiger partial charge in [0.2, 0.25) is 11.4 Å². The van der Waals surface area contributed by atoms with Crippen molar-refractivity contribution in [3.63, 3.8) is 0 Å². The van der Waals surface area contributed by atoms with E-state index in [1.165, 1.54) is 28.1 Å². The van der Waals surface area contributed by atoms with Gasteiger partial charge in [-0.2, -0.15) is 9.68 Å². The molecule has 0 fully saturated rings. The second-order valence-electron chi connectivity index (χ2n) is 7.19. The molecule has 3 nitrogen and oxygen atoms in total. The molecule has 0 bridgehead atoms. The van der Waals surface area contributed by atoms with Gasteiger partial charge in [-0.3, -0.25) is 5.01 Å². The topological polar surface area (TPSA) is 18.6 Å². The van der Waals surface area contributed by atoms with Crippen LogP contribution in [0.1, 0.15) is 30.5 Å². The first-order valence-corrected chi connectivity index (χ1v) is 8.37. The summed E-state index contributed by atoms with van der Waals surface area (Å²) in [6.07, 6.45) is 2.00. The monoisotopic (exact) mass is 320 g/mol. The highest BCUT2D eigenvalue weighted by Crippen LogP contribution is 2.38. The number of hydrogen-bond donors (Lipinski definition) is 0. The van der Waals surface area contributed by atoms with Crippen molar-refractivity contribution in [2.45, 2.75) is 33.1 Å². The molecule has 2 aromatic carbocycles. The largest absolute Gasteiger partial charge is 0.268 e. The van der Waals surface area contributed by atoms with Gasteiger partial charge in [0, 0.05) is 18.7 Å². The molecule has 3 rings (SSSR count). The van der Waals surface area contributed by atoms with Gasteiger partial charge in [0.1, 0.15) is 13.3 Å². The number of aryl methyl sites for hydroxylation is 2. The van der Waals surface area contributed by atoms with Crippen molar-refractivity contribution in [1.29, 1.82) is 0 Å². The van der Waals surface area contributed by atoms with Crippen LogP contribution in [0.4, 0.5) is 11.4 Å². The van der Waals surface area contributed by atoms with Crippen molar-refractivity contribution in [3.8, 4) is 0 Å². The number of hydrazone groups is 1. The summed E-state index contributed by atoms with van der Waals surface area (Å²) in [7, 11) is 4.11. The molecule has 0 unspecified atom stereocenters. The number of fused-ring (bicyclic) bond motifs is 1. The van der Waals surface area contributed by atoms with Gasteiger partial charge in [-0.1, -0.05) is 29.3 Å². The van der Waals surface area contributed by atoms with Gasteiger partial charge in [0.15, 0.2) is 0 Å². The molecule has 3 heteroatoms. The summed E-state index contributed by atoms with van der Waals surface area (Å²) in [5.41, 5.74) is 7.44. The number of nitrogens with zero attached hydrogens (tertiary/aromatic N) is 3. The summed E-state index contributed by atoms with van der Waals surface area (Å²) < 4.78 is 2.25. The quantitative estimate of drug-likeness (QED) is 0.465. The summed E-state index contributed by atoms with van der Waals surface area (Å²) in [6, 6.07) is 15.1. The average molecular weight is 320 g/mol. The van der Waals surface area contributed by atoms with E-state index in [0.29, 0.717) is 0 Å². The Bertz CT molecular complexity index is 827. The van der Waals surface area contributed by atoms with Crippen LogP contribution in [0.25, 0.3) is 0 Å². The molecule has 0 radical (unpaired) electrons. The number of anilines is 1. The average Bonchev–Trinajstić information content (AvgIpc) is 2.72. The summed E-state index contributed by atoms with van der Waals surface area (Å²) in [5.74, 6) is 0. The van der Waals surface area contributed by atoms with E-state index in [2.05, 4.69) is 86.9 Å². The normalized spacial score (nSPS) is 15.9. The fraction of sp³-hybridized carbons (Fsp3) is 0.333. The van der Waals surface area contributed by atoms with Crippen molar-refractivity contribution in [3.05, 3.63) is 59.2 Å². The molecule has 0 aromatic heterocycles. The Labute approximate surface area is 144 Å². The second kappa shape index (κ2) is 5.90. The first kappa shape index (κ1) is 16.4. The zero-order valence-corrected chi connectivity index (χ0v) is 15.5. The molecule has 0 saturated carbocycles. The molecule has 1 aliphatic rings. The van der Waals surface area contributed by atoms with Crippen molar-refractivity contribution < 1.29 is 4.58 Å². The van der Waals surface area contributed by atoms with E-state index in [1.807, 2.05) is 18.3 Å². The predicted octanol–water partition coefficient (Wildman–Crippen LogP) is 4.43. The lowest BCUT2D eigenvalue weighted by molar-refractivity contribution is -0.400. The lowest BCUT2D eigenvalue weighted by Gasteiger charge is -2.17. The van der Waals surface area contributed by atoms with E-state index in [4.69, 9.17) is 0 Å². The molecule has 0 atom stereocenters. The van der Waals surface area contributed by atoms with Gasteiger partial charge in [-0.15, -0.1) is 0 Å². The molecule has 2 aromatic rings. The Morgan fingerprint density at radius 1 is 1.00 bits per heavy atom. The van der Waals surface area contributed by atoms with Gasteiger partial charge in [-0.25, -0.2) is 0 Å². The minimum Gasteiger partial charge on any atom is -0.268 e. The first-order chi connectivity index (χ1) is 11.3. The number of rotatable bonds is 3. The van der Waals surface area contributed by atoms with E-state index >= 15 is 0 Å². The molecular formula is C21H26N3+. The van der Waals surface area contributed by atoms with Gasteiger partial charge in [0.25, 0.3) is 0 Å². The SMILES string of the molecule is Cc1ccc(N(C)N=CC2=[N+](C)c3ccc(C)cc3C2(C)C)cc1. The van der Waals surface area contributed by atoms with Crippen LogP contribution >= 0.6 is 0 Å². The first-order valence-electron chi connectivity index (χ1n) is 8.37.